The Morgan fingerprint density at radius 2 is 0.438 bits per heavy atom. The highest BCUT2D eigenvalue weighted by Crippen LogP contribution is 2.07. The number of esters is 4. The van der Waals surface area contributed by atoms with E-state index in [0.717, 1.165) is 0 Å². The van der Waals surface area contributed by atoms with Gasteiger partial charge in [0, 0.05) is 27.7 Å². The molecule has 8 nitrogen and oxygen atoms in total. The van der Waals surface area contributed by atoms with Crippen LogP contribution in [0.4, 0.5) is 0 Å². The minimum atomic E-state index is -0.328. The fourth-order valence-corrected chi connectivity index (χ4v) is 1.72. The lowest BCUT2D eigenvalue weighted by molar-refractivity contribution is -0.153. The summed E-state index contributed by atoms with van der Waals surface area (Å²) in [6.45, 7) is 27.7. The molecule has 32 heavy (non-hydrogen) atoms. The van der Waals surface area contributed by atoms with Crippen LogP contribution in [0.1, 0.15) is 111 Å². The molecule has 0 aliphatic heterocycles. The third kappa shape index (κ3) is 63.0. The normalized spacial score (nSPS) is 11.0. The topological polar surface area (TPSA) is 105 Å². The van der Waals surface area contributed by atoms with Crippen molar-refractivity contribution in [2.24, 2.45) is 0 Å². The molecule has 0 unspecified atom stereocenters. The maximum absolute atomic E-state index is 10.2. The molecule has 0 atom stereocenters. The maximum Gasteiger partial charge on any atom is 0.303 e. The lowest BCUT2D eigenvalue weighted by Crippen LogP contribution is -2.21. The molecule has 0 aromatic heterocycles. The summed E-state index contributed by atoms with van der Waals surface area (Å²) in [6, 6.07) is 0. The molecule has 0 aromatic rings. The Morgan fingerprint density at radius 3 is 0.438 bits per heavy atom. The zero-order valence-electron chi connectivity index (χ0n) is 23.3. The van der Waals surface area contributed by atoms with Crippen LogP contribution in [0.3, 0.4) is 0 Å². The molecule has 0 bridgehead atoms. The second kappa shape index (κ2) is 15.6. The molecule has 0 amide bonds. The van der Waals surface area contributed by atoms with Gasteiger partial charge in [-0.25, -0.2) is 0 Å². The number of hydrogen-bond acceptors (Lipinski definition) is 8. The van der Waals surface area contributed by atoms with Gasteiger partial charge in [0.25, 0.3) is 0 Å². The predicted octanol–water partition coefficient (Wildman–Crippen LogP) is 5.39. The highest BCUT2D eigenvalue weighted by molar-refractivity contribution is 5.67. The molecule has 0 aliphatic rings. The summed E-state index contributed by atoms with van der Waals surface area (Å²) < 4.78 is 19.2. The van der Waals surface area contributed by atoms with Crippen LogP contribution in [-0.2, 0) is 38.1 Å². The molecule has 0 fully saturated rings. The molecule has 0 saturated carbocycles. The van der Waals surface area contributed by atoms with Gasteiger partial charge in [-0.3, -0.25) is 19.2 Å². The van der Waals surface area contributed by atoms with Gasteiger partial charge in [0.2, 0.25) is 0 Å². The molecule has 0 N–H and O–H groups in total. The molecule has 0 aromatic carbocycles. The van der Waals surface area contributed by atoms with Crippen LogP contribution in [0, 0.1) is 0 Å². The van der Waals surface area contributed by atoms with Crippen LogP contribution >= 0.6 is 0 Å². The average molecular weight is 465 g/mol. The monoisotopic (exact) mass is 464 g/mol. The first-order valence-corrected chi connectivity index (χ1v) is 10.4. The third-order valence-corrected chi connectivity index (χ3v) is 1.80. The van der Waals surface area contributed by atoms with E-state index in [-0.39, 0.29) is 46.3 Å². The van der Waals surface area contributed by atoms with Crippen molar-refractivity contribution in [1.29, 1.82) is 0 Å². The fourth-order valence-electron chi connectivity index (χ4n) is 1.72. The summed E-state index contributed by atoms with van der Waals surface area (Å²) >= 11 is 0. The smallest absolute Gasteiger partial charge is 0.303 e. The lowest BCUT2D eigenvalue weighted by Gasteiger charge is -2.17. The van der Waals surface area contributed by atoms with Crippen molar-refractivity contribution < 1.29 is 38.1 Å². The standard InChI is InChI=1S/4C6H12O2/c4*1-5(7)8-6(2,3)4/h4*1-4H3. The van der Waals surface area contributed by atoms with Crippen LogP contribution in [-0.4, -0.2) is 46.3 Å². The van der Waals surface area contributed by atoms with Gasteiger partial charge in [0.05, 0.1) is 0 Å². The van der Waals surface area contributed by atoms with E-state index in [1.807, 2.05) is 83.1 Å². The number of carbonyl (C=O) groups excluding carboxylic acids is 4. The Labute approximate surface area is 195 Å². The Hall–Kier alpha value is -2.12. The molecule has 0 rings (SSSR count). The largest absolute Gasteiger partial charge is 0.460 e. The second-order valence-electron chi connectivity index (χ2n) is 10.8. The second-order valence-corrected chi connectivity index (χ2v) is 10.8. The zero-order valence-corrected chi connectivity index (χ0v) is 23.3. The third-order valence-electron chi connectivity index (χ3n) is 1.80. The van der Waals surface area contributed by atoms with E-state index in [1.54, 1.807) is 0 Å². The Kier molecular flexibility index (Phi) is 18.2. The van der Waals surface area contributed by atoms with Crippen LogP contribution in [0.15, 0.2) is 0 Å². The summed E-state index contributed by atoms with van der Waals surface area (Å²) in [5, 5.41) is 0. The van der Waals surface area contributed by atoms with Gasteiger partial charge in [-0.2, -0.15) is 0 Å². The van der Waals surface area contributed by atoms with Gasteiger partial charge >= 0.3 is 23.9 Å². The Balaban J connectivity index is -0.000000163. The van der Waals surface area contributed by atoms with Crippen molar-refractivity contribution in [3.63, 3.8) is 0 Å². The molecule has 0 spiro atoms. The van der Waals surface area contributed by atoms with E-state index in [0.29, 0.717) is 0 Å². The average Bonchev–Trinajstić information content (AvgIpc) is 2.26. The van der Waals surface area contributed by atoms with Crippen molar-refractivity contribution >= 4 is 23.9 Å². The fraction of sp³-hybridized carbons (Fsp3) is 0.833. The maximum atomic E-state index is 10.2. The van der Waals surface area contributed by atoms with Crippen LogP contribution in [0.5, 0.6) is 0 Å². The van der Waals surface area contributed by atoms with Gasteiger partial charge in [-0.15, -0.1) is 0 Å². The van der Waals surface area contributed by atoms with Crippen molar-refractivity contribution in [2.45, 2.75) is 133 Å². The van der Waals surface area contributed by atoms with Crippen LogP contribution in [0.2, 0.25) is 0 Å². The van der Waals surface area contributed by atoms with Gasteiger partial charge < -0.3 is 18.9 Å². The summed E-state index contributed by atoms with van der Waals surface area (Å²) in [6.07, 6.45) is 0. The summed E-state index contributed by atoms with van der Waals surface area (Å²) in [5.41, 5.74) is -1.31. The number of hydrogen-bond donors (Lipinski definition) is 0. The first-order chi connectivity index (χ1) is 13.7. The van der Waals surface area contributed by atoms with E-state index in [1.165, 1.54) is 27.7 Å². The van der Waals surface area contributed by atoms with Crippen molar-refractivity contribution in [3.05, 3.63) is 0 Å². The first-order valence-electron chi connectivity index (χ1n) is 10.4. The van der Waals surface area contributed by atoms with E-state index in [4.69, 9.17) is 18.9 Å². The van der Waals surface area contributed by atoms with Gasteiger partial charge in [0.15, 0.2) is 0 Å². The minimum absolute atomic E-state index is 0.225. The summed E-state index contributed by atoms with van der Waals surface area (Å²) in [4.78, 5) is 40.9. The number of ether oxygens (including phenoxy) is 4. The molecule has 0 radical (unpaired) electrons. The summed E-state index contributed by atoms with van der Waals surface area (Å²) in [5.74, 6) is -0.898. The zero-order chi connectivity index (χ0) is 27.1. The quantitative estimate of drug-likeness (QED) is 0.347. The molecular weight excluding hydrogens is 416 g/mol. The Morgan fingerprint density at radius 1 is 0.344 bits per heavy atom. The minimum Gasteiger partial charge on any atom is -0.460 e. The lowest BCUT2D eigenvalue weighted by atomic mass is 10.2. The van der Waals surface area contributed by atoms with Crippen LogP contribution < -0.4 is 0 Å². The Bertz CT molecular complexity index is 461. The van der Waals surface area contributed by atoms with E-state index >= 15 is 0 Å². The molecule has 0 heterocycles. The molecule has 192 valence electrons. The molecule has 0 aliphatic carbocycles. The molecule has 0 saturated heterocycles. The SMILES string of the molecule is CC(=O)OC(C)(C)C.CC(=O)OC(C)(C)C.CC(=O)OC(C)(C)C.CC(=O)OC(C)(C)C. The predicted molar refractivity (Wildman–Crippen MR) is 126 cm³/mol. The van der Waals surface area contributed by atoms with Gasteiger partial charge in [-0.1, -0.05) is 0 Å². The van der Waals surface area contributed by atoms with Gasteiger partial charge in [-0.05, 0) is 83.1 Å². The van der Waals surface area contributed by atoms with Crippen molar-refractivity contribution in [3.8, 4) is 0 Å². The number of carbonyl (C=O) groups is 4. The van der Waals surface area contributed by atoms with E-state index in [2.05, 4.69) is 0 Å². The number of rotatable bonds is 0. The van der Waals surface area contributed by atoms with E-state index in [9.17, 15) is 19.2 Å². The highest BCUT2D eigenvalue weighted by atomic mass is 16.6. The first kappa shape index (κ1) is 37.2. The van der Waals surface area contributed by atoms with Crippen molar-refractivity contribution in [2.75, 3.05) is 0 Å². The highest BCUT2D eigenvalue weighted by Gasteiger charge is 2.13. The molecule has 8 heteroatoms. The van der Waals surface area contributed by atoms with Crippen LogP contribution in [0.25, 0.3) is 0 Å². The summed E-state index contributed by atoms with van der Waals surface area (Å²) in [7, 11) is 0. The van der Waals surface area contributed by atoms with Crippen molar-refractivity contribution in [1.82, 2.24) is 0 Å². The van der Waals surface area contributed by atoms with E-state index < -0.39 is 0 Å². The van der Waals surface area contributed by atoms with Gasteiger partial charge in [0.1, 0.15) is 22.4 Å². The molecular formula is C24H48O8.